The maximum atomic E-state index is 13.8. The van der Waals surface area contributed by atoms with Gasteiger partial charge in [-0.2, -0.15) is 0 Å². The second-order valence-corrected chi connectivity index (χ2v) is 17.7. The van der Waals surface area contributed by atoms with Crippen LogP contribution in [-0.4, -0.2) is 61.6 Å². The first-order valence-corrected chi connectivity index (χ1v) is 16.3. The maximum Gasteiger partial charge on any atom is 0.411 e. The second kappa shape index (κ2) is 11.4. The number of rotatable bonds is 8. The van der Waals surface area contributed by atoms with Crippen molar-refractivity contribution in [2.75, 3.05) is 6.61 Å². The van der Waals surface area contributed by atoms with Crippen molar-refractivity contribution in [3.8, 4) is 0 Å². The number of allylic oxidation sites excluding steroid dienone is 1. The summed E-state index contributed by atoms with van der Waals surface area (Å²) in [6.45, 7) is 20.6. The highest BCUT2D eigenvalue weighted by molar-refractivity contribution is 6.99. The molecule has 2 fully saturated rings. The summed E-state index contributed by atoms with van der Waals surface area (Å²) in [5.41, 5.74) is -0.637. The molecule has 2 aromatic carbocycles. The lowest BCUT2D eigenvalue weighted by molar-refractivity contribution is -0.168. The quantitative estimate of drug-likeness (QED) is 0.289. The Morgan fingerprint density at radius 1 is 0.925 bits per heavy atom. The topological polar surface area (TPSA) is 57.2 Å². The number of carbonyl (C=O) groups is 1. The van der Waals surface area contributed by atoms with Crippen molar-refractivity contribution in [2.24, 2.45) is 0 Å². The molecule has 2 aliphatic rings. The molecule has 40 heavy (non-hydrogen) atoms. The van der Waals surface area contributed by atoms with E-state index in [1.807, 2.05) is 57.7 Å². The van der Waals surface area contributed by atoms with E-state index in [-0.39, 0.29) is 35.4 Å². The minimum atomic E-state index is -2.85. The molecule has 2 aliphatic heterocycles. The molecule has 4 rings (SSSR count). The lowest BCUT2D eigenvalue weighted by Gasteiger charge is -2.44. The summed E-state index contributed by atoms with van der Waals surface area (Å²) < 4.78 is 26.2. The summed E-state index contributed by atoms with van der Waals surface area (Å²) in [6, 6.07) is 20.5. The van der Waals surface area contributed by atoms with Crippen molar-refractivity contribution in [2.45, 2.75) is 109 Å². The second-order valence-electron chi connectivity index (χ2n) is 13.4. The van der Waals surface area contributed by atoms with E-state index in [1.54, 1.807) is 0 Å². The molecule has 0 saturated carbocycles. The zero-order valence-corrected chi connectivity index (χ0v) is 26.5. The fourth-order valence-electron chi connectivity index (χ4n) is 6.30. The van der Waals surface area contributed by atoms with E-state index >= 15 is 0 Å². The van der Waals surface area contributed by atoms with Gasteiger partial charge in [0.1, 0.15) is 17.8 Å². The molecule has 0 aliphatic carbocycles. The van der Waals surface area contributed by atoms with Gasteiger partial charge in [-0.15, -0.1) is 6.58 Å². The van der Waals surface area contributed by atoms with Crippen LogP contribution in [0.2, 0.25) is 5.04 Å². The Hall–Kier alpha value is -2.45. The van der Waals surface area contributed by atoms with Crippen molar-refractivity contribution in [1.82, 2.24) is 4.90 Å². The molecule has 0 unspecified atom stereocenters. The van der Waals surface area contributed by atoms with Crippen molar-refractivity contribution >= 4 is 24.8 Å². The molecule has 0 spiro atoms. The Morgan fingerprint density at radius 2 is 1.43 bits per heavy atom. The molecule has 7 heteroatoms. The van der Waals surface area contributed by atoms with Crippen LogP contribution in [0.1, 0.15) is 68.2 Å². The Labute approximate surface area is 241 Å². The summed E-state index contributed by atoms with van der Waals surface area (Å²) >= 11 is 0. The van der Waals surface area contributed by atoms with Crippen LogP contribution in [0.5, 0.6) is 0 Å². The summed E-state index contributed by atoms with van der Waals surface area (Å²) in [4.78, 5) is 15.7. The predicted octanol–water partition coefficient (Wildman–Crippen LogP) is 6.04. The summed E-state index contributed by atoms with van der Waals surface area (Å²) in [5.74, 6) is -0.753. The van der Waals surface area contributed by atoms with Crippen LogP contribution in [0.15, 0.2) is 73.3 Å². The fraction of sp³-hybridized carbons (Fsp3) is 0.545. The lowest BCUT2D eigenvalue weighted by atomic mass is 10.0. The molecule has 0 N–H and O–H groups in total. The highest BCUT2D eigenvalue weighted by atomic mass is 28.4. The number of hydrogen-bond donors (Lipinski definition) is 0. The number of benzene rings is 2. The largest absolute Gasteiger partial charge is 0.444 e. The molecule has 4 atom stereocenters. The summed E-state index contributed by atoms with van der Waals surface area (Å²) in [7, 11) is -2.85. The molecular formula is C33H47NO5Si. The van der Waals surface area contributed by atoms with Gasteiger partial charge >= 0.3 is 6.09 Å². The van der Waals surface area contributed by atoms with Crippen molar-refractivity contribution < 1.29 is 23.4 Å². The standard InChI is InChI=1S/C33H47NO5Si/c1-10-11-22-26-28-29(38-33(8,9)37-28)27(34(26)30(35)39-31(2,3)4)23-36-40(32(5,6)7,24-18-14-12-15-19-24)25-20-16-13-17-21-25/h10,12-21,26-29H,1,11,22-23H2,2-9H3/t26-,27+,28-,29+/m0/s1. The molecule has 0 bridgehead atoms. The number of hydrogen-bond acceptors (Lipinski definition) is 5. The van der Waals surface area contributed by atoms with E-state index in [0.29, 0.717) is 13.0 Å². The van der Waals surface area contributed by atoms with E-state index in [1.165, 1.54) is 10.4 Å². The van der Waals surface area contributed by atoms with E-state index in [0.717, 1.165) is 6.42 Å². The van der Waals surface area contributed by atoms with Gasteiger partial charge in [-0.05, 0) is 62.9 Å². The van der Waals surface area contributed by atoms with Gasteiger partial charge in [0, 0.05) is 0 Å². The molecule has 2 saturated heterocycles. The number of likely N-dealkylation sites (tertiary alicyclic amines) is 1. The van der Waals surface area contributed by atoms with Crippen LogP contribution >= 0.6 is 0 Å². The monoisotopic (exact) mass is 565 g/mol. The first-order valence-electron chi connectivity index (χ1n) is 14.4. The van der Waals surface area contributed by atoms with Crippen LogP contribution in [0.3, 0.4) is 0 Å². The first-order chi connectivity index (χ1) is 18.7. The molecule has 0 aromatic heterocycles. The van der Waals surface area contributed by atoms with Gasteiger partial charge in [-0.25, -0.2) is 4.79 Å². The molecule has 2 heterocycles. The molecule has 1 amide bonds. The van der Waals surface area contributed by atoms with Gasteiger partial charge in [0.15, 0.2) is 5.79 Å². The minimum absolute atomic E-state index is 0.195. The van der Waals surface area contributed by atoms with E-state index < -0.39 is 19.7 Å². The van der Waals surface area contributed by atoms with Crippen LogP contribution < -0.4 is 10.4 Å². The first kappa shape index (κ1) is 30.5. The van der Waals surface area contributed by atoms with Crippen molar-refractivity contribution in [3.63, 3.8) is 0 Å². The number of ether oxygens (including phenoxy) is 3. The van der Waals surface area contributed by atoms with Gasteiger partial charge in [0.25, 0.3) is 8.32 Å². The van der Waals surface area contributed by atoms with E-state index in [2.05, 4.69) is 75.9 Å². The minimum Gasteiger partial charge on any atom is -0.444 e. The third kappa shape index (κ3) is 6.08. The SMILES string of the molecule is C=CCC[C@H]1[C@@H]2OC(C)(C)O[C@@H]2[C@@H](CO[Si](c2ccccc2)(c2ccccc2)C(C)(C)C)N1C(=O)OC(C)(C)C. The fourth-order valence-corrected chi connectivity index (χ4v) is 10.9. The summed E-state index contributed by atoms with van der Waals surface area (Å²) in [5, 5.41) is 2.19. The van der Waals surface area contributed by atoms with Gasteiger partial charge in [0.2, 0.25) is 0 Å². The van der Waals surface area contributed by atoms with Gasteiger partial charge in [0.05, 0.1) is 18.7 Å². The Kier molecular flexibility index (Phi) is 8.72. The molecule has 218 valence electrons. The van der Waals surface area contributed by atoms with Crippen molar-refractivity contribution in [1.29, 1.82) is 0 Å². The lowest BCUT2D eigenvalue weighted by Crippen LogP contribution is -2.67. The number of fused-ring (bicyclic) bond motifs is 1. The van der Waals surface area contributed by atoms with Gasteiger partial charge in [-0.3, -0.25) is 4.90 Å². The molecular weight excluding hydrogens is 518 g/mol. The van der Waals surface area contributed by atoms with Crippen LogP contribution in [0, 0.1) is 0 Å². The zero-order valence-electron chi connectivity index (χ0n) is 25.5. The van der Waals surface area contributed by atoms with Crippen molar-refractivity contribution in [3.05, 3.63) is 73.3 Å². The molecule has 0 radical (unpaired) electrons. The molecule has 6 nitrogen and oxygen atoms in total. The van der Waals surface area contributed by atoms with Gasteiger partial charge in [-0.1, -0.05) is 87.5 Å². The third-order valence-electron chi connectivity index (χ3n) is 7.79. The van der Waals surface area contributed by atoms with E-state index in [9.17, 15) is 4.79 Å². The average molecular weight is 566 g/mol. The molecule has 2 aromatic rings. The Morgan fingerprint density at radius 3 is 1.88 bits per heavy atom. The number of amides is 1. The highest BCUT2D eigenvalue weighted by Gasteiger charge is 2.60. The third-order valence-corrected chi connectivity index (χ3v) is 12.8. The Bertz CT molecular complexity index is 1120. The number of nitrogens with zero attached hydrogens (tertiary/aromatic N) is 1. The summed E-state index contributed by atoms with van der Waals surface area (Å²) in [6.07, 6.45) is 2.36. The van der Waals surface area contributed by atoms with Crippen LogP contribution in [-0.2, 0) is 18.6 Å². The maximum absolute atomic E-state index is 13.8. The number of carbonyl (C=O) groups excluding carboxylic acids is 1. The van der Waals surface area contributed by atoms with Crippen LogP contribution in [0.25, 0.3) is 0 Å². The Balaban J connectivity index is 1.79. The zero-order chi connectivity index (χ0) is 29.3. The average Bonchev–Trinajstić information content (AvgIpc) is 3.32. The predicted molar refractivity (Wildman–Crippen MR) is 162 cm³/mol. The van der Waals surface area contributed by atoms with E-state index in [4.69, 9.17) is 18.6 Å². The highest BCUT2D eigenvalue weighted by Crippen LogP contribution is 2.44. The normalized spacial score (nSPS) is 24.6. The van der Waals surface area contributed by atoms with Crippen LogP contribution in [0.4, 0.5) is 4.79 Å². The smallest absolute Gasteiger partial charge is 0.411 e. The van der Waals surface area contributed by atoms with Gasteiger partial charge < -0.3 is 18.6 Å².